The summed E-state index contributed by atoms with van der Waals surface area (Å²) in [7, 11) is 0. The van der Waals surface area contributed by atoms with E-state index in [0.717, 1.165) is 21.4 Å². The smallest absolute Gasteiger partial charge is 0.129 e. The maximum absolute atomic E-state index is 5.68. The summed E-state index contributed by atoms with van der Waals surface area (Å²) in [4.78, 5) is 4.28. The van der Waals surface area contributed by atoms with E-state index in [4.69, 9.17) is 5.73 Å². The molecule has 0 aromatic carbocycles. The summed E-state index contributed by atoms with van der Waals surface area (Å²) in [6, 6.07) is 2.01. The van der Waals surface area contributed by atoms with E-state index in [1.807, 2.05) is 13.0 Å². The van der Waals surface area contributed by atoms with Gasteiger partial charge in [0, 0.05) is 22.8 Å². The van der Waals surface area contributed by atoms with Gasteiger partial charge in [-0.1, -0.05) is 0 Å². The van der Waals surface area contributed by atoms with Crippen molar-refractivity contribution in [3.05, 3.63) is 34.1 Å². The number of rotatable bonds is 3. The molecule has 0 saturated heterocycles. The third kappa shape index (κ3) is 2.33. The minimum atomic E-state index is 0.585. The van der Waals surface area contributed by atoms with E-state index in [1.54, 1.807) is 12.4 Å². The van der Waals surface area contributed by atoms with Crippen molar-refractivity contribution in [1.29, 1.82) is 0 Å². The second kappa shape index (κ2) is 4.52. The Kier molecular flexibility index (Phi) is 3.09. The maximum Gasteiger partial charge on any atom is 0.129 e. The summed E-state index contributed by atoms with van der Waals surface area (Å²) in [5.74, 6) is 1.44. The van der Waals surface area contributed by atoms with Crippen molar-refractivity contribution in [2.24, 2.45) is 0 Å². The normalized spacial score (nSPS) is 10.4. The topological polar surface area (TPSA) is 79.6 Å². The Hall–Kier alpha value is -1.56. The van der Waals surface area contributed by atoms with Crippen molar-refractivity contribution in [3.8, 4) is 0 Å². The van der Waals surface area contributed by atoms with Crippen LogP contribution in [0.15, 0.2) is 22.9 Å². The molecule has 0 amide bonds. The second-order valence-electron chi connectivity index (χ2n) is 3.48. The summed E-state index contributed by atoms with van der Waals surface area (Å²) in [6.45, 7) is 2.61. The van der Waals surface area contributed by atoms with E-state index >= 15 is 0 Å². The number of halogens is 1. The third-order valence-corrected chi connectivity index (χ3v) is 2.68. The summed E-state index contributed by atoms with van der Waals surface area (Å²) in [6.07, 6.45) is 3.46. The van der Waals surface area contributed by atoms with Crippen LogP contribution in [0.25, 0.3) is 0 Å². The van der Waals surface area contributed by atoms with Gasteiger partial charge in [-0.25, -0.2) is 4.98 Å². The zero-order valence-corrected chi connectivity index (χ0v) is 10.4. The molecule has 0 unspecified atom stereocenters. The summed E-state index contributed by atoms with van der Waals surface area (Å²) in [5, 5.41) is 9.75. The Morgan fingerprint density at radius 1 is 1.50 bits per heavy atom. The highest BCUT2D eigenvalue weighted by Crippen LogP contribution is 2.18. The average Bonchev–Trinajstić information content (AvgIpc) is 2.63. The molecule has 6 heteroatoms. The fraction of sp³-hybridized carbons (Fsp3) is 0.200. The molecule has 16 heavy (non-hydrogen) atoms. The lowest BCUT2D eigenvalue weighted by atomic mass is 10.2. The average molecular weight is 282 g/mol. The van der Waals surface area contributed by atoms with Crippen LogP contribution >= 0.6 is 15.9 Å². The van der Waals surface area contributed by atoms with Gasteiger partial charge >= 0.3 is 0 Å². The first-order valence-corrected chi connectivity index (χ1v) is 5.60. The highest BCUT2D eigenvalue weighted by atomic mass is 79.9. The SMILES string of the molecule is Cc1cc(Br)cnc1NCc1cn[nH]c1N. The van der Waals surface area contributed by atoms with Crippen LogP contribution in [0.1, 0.15) is 11.1 Å². The van der Waals surface area contributed by atoms with Gasteiger partial charge in [0.2, 0.25) is 0 Å². The van der Waals surface area contributed by atoms with Gasteiger partial charge in [0.15, 0.2) is 0 Å². The molecule has 2 aromatic rings. The zero-order valence-electron chi connectivity index (χ0n) is 8.79. The van der Waals surface area contributed by atoms with E-state index in [9.17, 15) is 0 Å². The van der Waals surface area contributed by atoms with E-state index in [2.05, 4.69) is 36.4 Å². The minimum Gasteiger partial charge on any atom is -0.384 e. The number of nitrogens with zero attached hydrogens (tertiary/aromatic N) is 2. The molecule has 0 spiro atoms. The predicted molar refractivity (Wildman–Crippen MR) is 67.0 cm³/mol. The highest BCUT2D eigenvalue weighted by Gasteiger charge is 2.03. The molecule has 4 N–H and O–H groups in total. The maximum atomic E-state index is 5.68. The van der Waals surface area contributed by atoms with Crippen LogP contribution in [0.2, 0.25) is 0 Å². The number of aromatic nitrogens is 3. The number of aryl methyl sites for hydroxylation is 1. The molecule has 0 bridgehead atoms. The van der Waals surface area contributed by atoms with Crippen LogP contribution in [-0.2, 0) is 6.54 Å². The molecule has 5 nitrogen and oxygen atoms in total. The molecule has 2 rings (SSSR count). The third-order valence-electron chi connectivity index (χ3n) is 2.24. The van der Waals surface area contributed by atoms with E-state index < -0.39 is 0 Å². The number of hydrogen-bond donors (Lipinski definition) is 3. The molecule has 0 radical (unpaired) electrons. The number of nitrogen functional groups attached to an aromatic ring is 1. The molecule has 2 aromatic heterocycles. The molecule has 0 saturated carbocycles. The van der Waals surface area contributed by atoms with Gasteiger partial charge in [-0.05, 0) is 34.5 Å². The lowest BCUT2D eigenvalue weighted by Gasteiger charge is -2.07. The first-order valence-electron chi connectivity index (χ1n) is 4.80. The molecular formula is C10H12BrN5. The lowest BCUT2D eigenvalue weighted by Crippen LogP contribution is -2.04. The Morgan fingerprint density at radius 2 is 2.31 bits per heavy atom. The fourth-order valence-electron chi connectivity index (χ4n) is 1.37. The number of nitrogens with two attached hydrogens (primary N) is 1. The van der Waals surface area contributed by atoms with Crippen molar-refractivity contribution >= 4 is 27.6 Å². The highest BCUT2D eigenvalue weighted by molar-refractivity contribution is 9.10. The molecule has 0 fully saturated rings. The zero-order chi connectivity index (χ0) is 11.5. The van der Waals surface area contributed by atoms with Crippen molar-refractivity contribution in [2.75, 3.05) is 11.1 Å². The summed E-state index contributed by atoms with van der Waals surface area (Å²) >= 11 is 3.37. The van der Waals surface area contributed by atoms with Crippen molar-refractivity contribution < 1.29 is 0 Å². The molecule has 84 valence electrons. The van der Waals surface area contributed by atoms with Crippen LogP contribution in [0, 0.1) is 6.92 Å². The monoisotopic (exact) mass is 281 g/mol. The first-order chi connectivity index (χ1) is 7.66. The quantitative estimate of drug-likeness (QED) is 0.805. The number of aromatic amines is 1. The van der Waals surface area contributed by atoms with E-state index in [0.29, 0.717) is 12.4 Å². The van der Waals surface area contributed by atoms with Gasteiger partial charge in [-0.2, -0.15) is 5.10 Å². The lowest BCUT2D eigenvalue weighted by molar-refractivity contribution is 1.09. The molecule has 0 aliphatic rings. The molecule has 0 aliphatic carbocycles. The first kappa shape index (κ1) is 10.9. The number of H-pyrrole nitrogens is 1. The molecule has 0 atom stereocenters. The molecule has 2 heterocycles. The van der Waals surface area contributed by atoms with Crippen molar-refractivity contribution in [2.45, 2.75) is 13.5 Å². The number of pyridine rings is 1. The number of nitrogens with one attached hydrogen (secondary N) is 2. The summed E-state index contributed by atoms with van der Waals surface area (Å²) < 4.78 is 0.971. The Bertz CT molecular complexity index is 494. The van der Waals surface area contributed by atoms with Crippen LogP contribution in [0.4, 0.5) is 11.6 Å². The van der Waals surface area contributed by atoms with Gasteiger partial charge in [0.25, 0.3) is 0 Å². The summed E-state index contributed by atoms with van der Waals surface area (Å²) in [5.41, 5.74) is 7.70. The Balaban J connectivity index is 2.08. The minimum absolute atomic E-state index is 0.585. The van der Waals surface area contributed by atoms with E-state index in [-0.39, 0.29) is 0 Å². The van der Waals surface area contributed by atoms with Crippen LogP contribution in [-0.4, -0.2) is 15.2 Å². The largest absolute Gasteiger partial charge is 0.384 e. The Labute approximate surface area is 102 Å². The molecular weight excluding hydrogens is 270 g/mol. The van der Waals surface area contributed by atoms with Gasteiger partial charge in [0.05, 0.1) is 6.20 Å². The van der Waals surface area contributed by atoms with Gasteiger partial charge in [-0.3, -0.25) is 5.10 Å². The van der Waals surface area contributed by atoms with Gasteiger partial charge in [0.1, 0.15) is 11.6 Å². The van der Waals surface area contributed by atoms with Crippen molar-refractivity contribution in [1.82, 2.24) is 15.2 Å². The number of anilines is 2. The van der Waals surface area contributed by atoms with Gasteiger partial charge < -0.3 is 11.1 Å². The molecule has 0 aliphatic heterocycles. The second-order valence-corrected chi connectivity index (χ2v) is 4.40. The van der Waals surface area contributed by atoms with Crippen LogP contribution in [0.5, 0.6) is 0 Å². The fourth-order valence-corrected chi connectivity index (χ4v) is 1.81. The number of hydrogen-bond acceptors (Lipinski definition) is 4. The van der Waals surface area contributed by atoms with Crippen LogP contribution < -0.4 is 11.1 Å². The van der Waals surface area contributed by atoms with E-state index in [1.165, 1.54) is 0 Å². The van der Waals surface area contributed by atoms with Crippen molar-refractivity contribution in [3.63, 3.8) is 0 Å². The predicted octanol–water partition coefficient (Wildman–Crippen LogP) is 2.07. The van der Waals surface area contributed by atoms with Crippen LogP contribution in [0.3, 0.4) is 0 Å². The standard InChI is InChI=1S/C10H12BrN5/c1-6-2-8(11)5-14-10(6)13-3-7-4-15-16-9(7)12/h2,4-5H,3H2,1H3,(H,13,14)(H3,12,15,16). The Morgan fingerprint density at radius 3 is 2.94 bits per heavy atom. The van der Waals surface area contributed by atoms with Gasteiger partial charge in [-0.15, -0.1) is 0 Å².